The summed E-state index contributed by atoms with van der Waals surface area (Å²) in [5.74, 6) is 0. The fourth-order valence-electron chi connectivity index (χ4n) is 1.09. The smallest absolute Gasteiger partial charge is 0.0572 e. The van der Waals surface area contributed by atoms with E-state index < -0.39 is 0 Å². The van der Waals surface area contributed by atoms with Crippen LogP contribution in [0.5, 0.6) is 0 Å². The average molecular weight is 220 g/mol. The van der Waals surface area contributed by atoms with E-state index in [1.165, 1.54) is 0 Å². The summed E-state index contributed by atoms with van der Waals surface area (Å²) < 4.78 is 0. The molecule has 0 heterocycles. The Morgan fingerprint density at radius 2 is 2.08 bits per heavy atom. The zero-order chi connectivity index (χ0) is 9.84. The molecule has 1 atom stereocenters. The molecule has 0 saturated heterocycles. The number of hydrogen-bond donors (Lipinski definition) is 1. The highest BCUT2D eigenvalue weighted by Crippen LogP contribution is 2.25. The van der Waals surface area contributed by atoms with Crippen LogP contribution in [0, 0.1) is 0 Å². The molecule has 0 spiro atoms. The molecular weight excluding hydrogens is 209 g/mol. The van der Waals surface area contributed by atoms with Crippen LogP contribution in [0.25, 0.3) is 0 Å². The van der Waals surface area contributed by atoms with Crippen LogP contribution in [0.4, 0.5) is 0 Å². The fourth-order valence-corrected chi connectivity index (χ4v) is 1.67. The lowest BCUT2D eigenvalue weighted by atomic mass is 10.1. The minimum Gasteiger partial charge on any atom is -0.305 e. The van der Waals surface area contributed by atoms with Gasteiger partial charge >= 0.3 is 0 Å². The second-order valence-corrected chi connectivity index (χ2v) is 3.55. The van der Waals surface area contributed by atoms with Crippen molar-refractivity contribution in [2.45, 2.75) is 13.0 Å². The summed E-state index contributed by atoms with van der Waals surface area (Å²) in [5, 5.41) is 1.28. The lowest BCUT2D eigenvalue weighted by Gasteiger charge is -2.13. The van der Waals surface area contributed by atoms with Gasteiger partial charge in [-0.3, -0.25) is 0 Å². The van der Waals surface area contributed by atoms with Crippen molar-refractivity contribution in [2.24, 2.45) is 0 Å². The van der Waals surface area contributed by atoms with E-state index in [4.69, 9.17) is 28.0 Å². The van der Waals surface area contributed by atoms with Gasteiger partial charge in [0.25, 0.3) is 0 Å². The Morgan fingerprint density at radius 3 is 2.62 bits per heavy atom. The highest BCUT2D eigenvalue weighted by atomic mass is 35.5. The maximum Gasteiger partial charge on any atom is 0.0572 e. The van der Waals surface area contributed by atoms with Crippen molar-refractivity contribution in [1.29, 1.82) is 0 Å². The maximum atomic E-state index is 5.98. The Bertz CT molecular complexity index is 291. The molecule has 1 aromatic rings. The summed E-state index contributed by atoms with van der Waals surface area (Å²) in [4.78, 5) is 4.80. The predicted molar refractivity (Wildman–Crippen MR) is 55.0 cm³/mol. The standard InChI is InChI=1S/C9H11Cl2NO/c1-6(12-13-2)8-4-3-7(10)5-9(8)11/h3-6,12H,1-2H3/t6-/m0/s1. The first-order valence-electron chi connectivity index (χ1n) is 3.88. The van der Waals surface area contributed by atoms with Gasteiger partial charge in [0.1, 0.15) is 0 Å². The van der Waals surface area contributed by atoms with Crippen molar-refractivity contribution in [3.05, 3.63) is 33.8 Å². The van der Waals surface area contributed by atoms with Crippen LogP contribution >= 0.6 is 23.2 Å². The number of rotatable bonds is 3. The van der Waals surface area contributed by atoms with Crippen LogP contribution < -0.4 is 5.48 Å². The lowest BCUT2D eigenvalue weighted by molar-refractivity contribution is 0.0659. The SMILES string of the molecule is CON[C@@H](C)c1ccc(Cl)cc1Cl. The van der Waals surface area contributed by atoms with Crippen LogP contribution in [0.2, 0.25) is 10.0 Å². The molecular formula is C9H11Cl2NO. The minimum atomic E-state index is 0.0507. The molecule has 72 valence electrons. The van der Waals surface area contributed by atoms with Crippen molar-refractivity contribution in [1.82, 2.24) is 5.48 Å². The molecule has 4 heteroatoms. The first kappa shape index (κ1) is 10.8. The molecule has 0 aliphatic heterocycles. The summed E-state index contributed by atoms with van der Waals surface area (Å²) in [5.41, 5.74) is 3.76. The van der Waals surface area contributed by atoms with Crippen LogP contribution in [-0.4, -0.2) is 7.11 Å². The molecule has 0 aromatic heterocycles. The van der Waals surface area contributed by atoms with E-state index >= 15 is 0 Å². The van der Waals surface area contributed by atoms with Gasteiger partial charge in [-0.25, -0.2) is 0 Å². The van der Waals surface area contributed by atoms with E-state index in [1.807, 2.05) is 13.0 Å². The number of benzene rings is 1. The van der Waals surface area contributed by atoms with Crippen molar-refractivity contribution >= 4 is 23.2 Å². The summed E-state index contributed by atoms with van der Waals surface area (Å²) in [6.45, 7) is 1.96. The number of halogens is 2. The van der Waals surface area contributed by atoms with E-state index in [-0.39, 0.29) is 6.04 Å². The quantitative estimate of drug-likeness (QED) is 0.789. The molecule has 1 rings (SSSR count). The van der Waals surface area contributed by atoms with Crippen molar-refractivity contribution in [2.75, 3.05) is 7.11 Å². The number of hydroxylamine groups is 1. The molecule has 1 N–H and O–H groups in total. The third-order valence-electron chi connectivity index (χ3n) is 1.72. The molecule has 13 heavy (non-hydrogen) atoms. The van der Waals surface area contributed by atoms with Gasteiger partial charge in [0.15, 0.2) is 0 Å². The molecule has 0 radical (unpaired) electrons. The zero-order valence-electron chi connectivity index (χ0n) is 7.47. The van der Waals surface area contributed by atoms with E-state index in [0.29, 0.717) is 10.0 Å². The van der Waals surface area contributed by atoms with E-state index in [0.717, 1.165) is 5.56 Å². The Labute approximate surface area is 87.8 Å². The summed E-state index contributed by atoms with van der Waals surface area (Å²) >= 11 is 11.7. The van der Waals surface area contributed by atoms with Crippen LogP contribution in [-0.2, 0) is 4.84 Å². The summed E-state index contributed by atoms with van der Waals surface area (Å²) in [6, 6.07) is 5.44. The third kappa shape index (κ3) is 2.85. The van der Waals surface area contributed by atoms with Crippen molar-refractivity contribution in [3.8, 4) is 0 Å². The van der Waals surface area contributed by atoms with Gasteiger partial charge in [0, 0.05) is 10.0 Å². The second kappa shape index (κ2) is 4.82. The van der Waals surface area contributed by atoms with E-state index in [9.17, 15) is 0 Å². The molecule has 0 aliphatic carbocycles. The van der Waals surface area contributed by atoms with Gasteiger partial charge in [-0.15, -0.1) is 0 Å². The van der Waals surface area contributed by atoms with Crippen LogP contribution in [0.1, 0.15) is 18.5 Å². The molecule has 1 aromatic carbocycles. The third-order valence-corrected chi connectivity index (χ3v) is 2.29. The topological polar surface area (TPSA) is 21.3 Å². The Balaban J connectivity index is 2.88. The van der Waals surface area contributed by atoms with E-state index in [2.05, 4.69) is 5.48 Å². The van der Waals surface area contributed by atoms with E-state index in [1.54, 1.807) is 19.2 Å². The second-order valence-electron chi connectivity index (χ2n) is 2.71. The average Bonchev–Trinajstić information content (AvgIpc) is 2.04. The molecule has 0 aliphatic rings. The first-order chi connectivity index (χ1) is 6.15. The maximum absolute atomic E-state index is 5.98. The zero-order valence-corrected chi connectivity index (χ0v) is 8.99. The number of hydrogen-bond acceptors (Lipinski definition) is 2. The summed E-state index contributed by atoms with van der Waals surface area (Å²) in [7, 11) is 1.57. The van der Waals surface area contributed by atoms with Gasteiger partial charge in [-0.1, -0.05) is 29.3 Å². The number of nitrogens with one attached hydrogen (secondary N) is 1. The van der Waals surface area contributed by atoms with Gasteiger partial charge < -0.3 is 4.84 Å². The molecule has 0 saturated carbocycles. The highest BCUT2D eigenvalue weighted by molar-refractivity contribution is 6.35. The molecule has 2 nitrogen and oxygen atoms in total. The largest absolute Gasteiger partial charge is 0.305 e. The predicted octanol–water partition coefficient (Wildman–Crippen LogP) is 3.21. The minimum absolute atomic E-state index is 0.0507. The molecule has 0 unspecified atom stereocenters. The van der Waals surface area contributed by atoms with Crippen molar-refractivity contribution in [3.63, 3.8) is 0 Å². The summed E-state index contributed by atoms with van der Waals surface area (Å²) in [6.07, 6.45) is 0. The Hall–Kier alpha value is -0.280. The fraction of sp³-hybridized carbons (Fsp3) is 0.333. The van der Waals surface area contributed by atoms with Gasteiger partial charge in [0.2, 0.25) is 0 Å². The normalized spacial score (nSPS) is 12.9. The van der Waals surface area contributed by atoms with Gasteiger partial charge in [-0.05, 0) is 24.6 Å². The monoisotopic (exact) mass is 219 g/mol. The van der Waals surface area contributed by atoms with Gasteiger partial charge in [-0.2, -0.15) is 5.48 Å². The molecule has 0 bridgehead atoms. The lowest BCUT2D eigenvalue weighted by Crippen LogP contribution is -2.16. The van der Waals surface area contributed by atoms with Gasteiger partial charge in [0.05, 0.1) is 13.2 Å². The molecule has 0 amide bonds. The Kier molecular flexibility index (Phi) is 4.00. The first-order valence-corrected chi connectivity index (χ1v) is 4.64. The van der Waals surface area contributed by atoms with Crippen LogP contribution in [0.15, 0.2) is 18.2 Å². The van der Waals surface area contributed by atoms with Crippen molar-refractivity contribution < 1.29 is 4.84 Å². The highest BCUT2D eigenvalue weighted by Gasteiger charge is 2.08. The Morgan fingerprint density at radius 1 is 1.38 bits per heavy atom. The molecule has 0 fully saturated rings. The van der Waals surface area contributed by atoms with Crippen LogP contribution in [0.3, 0.4) is 0 Å².